The van der Waals surface area contributed by atoms with Gasteiger partial charge in [-0.1, -0.05) is 36.4 Å². The summed E-state index contributed by atoms with van der Waals surface area (Å²) < 4.78 is 39.6. The molecule has 5 amide bonds. The molecule has 12 aliphatic heterocycles. The van der Waals surface area contributed by atoms with Gasteiger partial charge in [0.1, 0.15) is 86.5 Å². The maximum absolute atomic E-state index is 13.7. The van der Waals surface area contributed by atoms with Crippen molar-refractivity contribution in [3.8, 4) is 52.0 Å². The van der Waals surface area contributed by atoms with Crippen molar-refractivity contribution in [1.82, 2.24) is 70.9 Å². The number of ketones is 1. The lowest BCUT2D eigenvalue weighted by molar-refractivity contribution is -0.139. The van der Waals surface area contributed by atoms with E-state index in [9.17, 15) is 38.7 Å². The van der Waals surface area contributed by atoms with Gasteiger partial charge in [-0.25, -0.2) is 29.0 Å². The highest BCUT2D eigenvalue weighted by molar-refractivity contribution is 6.38. The largest absolute Gasteiger partial charge is 0.490 e. The standard InChI is InChI=1S/C30H29N5O5.C30H27N5O5.C26H22N4O4/c2*36-27(30(38)33-21-7-8-21)25-16-19-5-9-22(10-6-19)39-14-1-2-15-40-23-11-12-26-20(17-23)18-32-35(26)28-24(29(37)34-25)4-3-13-31-28;31-17-20-14-18-5-7-21(8-6-18)33-12-1-2-13-34-22-9-10-24-19(15-22)16-28-30(24)25-23(26(32)29-20)4-3-11-27-25/h1-6,9-13,17-18,21,25,27,36H,7-8,14-16H2,(H,33,38)(H,34,37);1-6,9-13,17-18,21,25H,7-8,14-16H2,(H,33,38)(H,34,37);1-11,15-17,20H,12-14H2,(H,29,32)/b3*2-1+/t25-,27?;25-;20-/m000/s1. The third kappa shape index (κ3) is 18.6. The maximum atomic E-state index is 13.7. The number of aliphatic hydroxyl groups excluding tert-OH is 1. The fourth-order valence-corrected chi connectivity index (χ4v) is 12.9. The van der Waals surface area contributed by atoms with Crippen LogP contribution in [-0.4, -0.2) is 167 Å². The number of ether oxygens (including phenoxy) is 6. The van der Waals surface area contributed by atoms with E-state index in [0.29, 0.717) is 104 Å². The molecule has 0 spiro atoms. The monoisotopic (exact) mass is 1530 g/mol. The molecule has 26 rings (SSSR count). The van der Waals surface area contributed by atoms with Crippen molar-refractivity contribution in [2.45, 2.75) is 81.3 Å². The van der Waals surface area contributed by atoms with Gasteiger partial charge in [-0.05, 0) is 219 Å². The van der Waals surface area contributed by atoms with Gasteiger partial charge in [0, 0.05) is 53.3 Å². The Hall–Kier alpha value is -14.2. The molecule has 0 saturated heterocycles. The van der Waals surface area contributed by atoms with E-state index >= 15 is 0 Å². The summed E-state index contributed by atoms with van der Waals surface area (Å²) in [6.45, 7) is 2.30. The molecule has 18 bridgehead atoms. The van der Waals surface area contributed by atoms with Crippen molar-refractivity contribution in [1.29, 1.82) is 0 Å². The normalized spacial score (nSPS) is 18.3. The first-order chi connectivity index (χ1) is 55.8. The number of hydrogen-bond acceptors (Lipinski definition) is 20. The molecule has 6 aromatic heterocycles. The number of carbonyl (C=O) groups is 7. The molecule has 114 heavy (non-hydrogen) atoms. The summed E-state index contributed by atoms with van der Waals surface area (Å²) in [5.41, 5.74) is 5.54. The van der Waals surface area contributed by atoms with Gasteiger partial charge in [0.25, 0.3) is 29.5 Å². The van der Waals surface area contributed by atoms with E-state index in [-0.39, 0.29) is 36.1 Å². The third-order valence-electron chi connectivity index (χ3n) is 19.1. The molecule has 6 aromatic carbocycles. The van der Waals surface area contributed by atoms with E-state index in [4.69, 9.17) is 28.4 Å². The molecular weight excluding hydrogens is 1450 g/mol. The number of aliphatic hydroxyl groups is 1. The number of aldehydes is 1. The van der Waals surface area contributed by atoms with Gasteiger partial charge < -0.3 is 64.9 Å². The Morgan fingerprint density at radius 1 is 0.430 bits per heavy atom. The fraction of sp³-hybridized carbons (Fsp3) is 0.221. The van der Waals surface area contributed by atoms with Gasteiger partial charge in [-0.2, -0.15) is 15.3 Å². The SMILES string of the molecule is O=C(NC1CC1)C(=O)[C@@H]1Cc2ccc(cc2)OC/C=C/COc2ccc3c(cnn3-c3ncccc3C(=O)N1)c2.O=C1N[C@H](C(O)C(=O)NC2CC2)Cc2ccc(cc2)OC/C=C/COc2ccc3c(cnn3-c3ncccc31)c2.O=C[C@@H]1Cc2ccc(cc2)OC/C=C/COc2ccc3c(cnn3-c3ncccc3C(=O)N1)c2. The number of benzene rings is 6. The minimum Gasteiger partial charge on any atom is -0.490 e. The van der Waals surface area contributed by atoms with Crippen molar-refractivity contribution in [3.63, 3.8) is 0 Å². The average molecular weight is 1530 g/mol. The summed E-state index contributed by atoms with van der Waals surface area (Å²) in [6, 6.07) is 46.0. The molecule has 28 heteroatoms. The Labute approximate surface area is 652 Å². The lowest BCUT2D eigenvalue weighted by Crippen LogP contribution is -2.52. The van der Waals surface area contributed by atoms with E-state index in [0.717, 1.165) is 81.4 Å². The Kier molecular flexibility index (Phi) is 23.3. The maximum Gasteiger partial charge on any atom is 0.289 e. The van der Waals surface area contributed by atoms with Crippen LogP contribution in [0.1, 0.15) is 73.4 Å². The number of amides is 5. The highest BCUT2D eigenvalue weighted by atomic mass is 16.5. The van der Waals surface area contributed by atoms with Crippen LogP contribution in [-0.2, 0) is 38.4 Å². The zero-order chi connectivity index (χ0) is 78.3. The molecule has 12 aromatic rings. The number of carbonyl (C=O) groups excluding carboxylic acids is 7. The van der Waals surface area contributed by atoms with E-state index in [2.05, 4.69) is 56.8 Å². The van der Waals surface area contributed by atoms with Gasteiger partial charge >= 0.3 is 0 Å². The molecule has 28 nitrogen and oxygen atoms in total. The van der Waals surface area contributed by atoms with Gasteiger partial charge in [0.05, 0.1) is 63.9 Å². The lowest BCUT2D eigenvalue weighted by atomic mass is 9.99. The van der Waals surface area contributed by atoms with Crippen LogP contribution in [0.25, 0.3) is 50.2 Å². The number of Topliss-reactive ketones (excluding diaryl/α,β-unsaturated/α-hetero) is 1. The van der Waals surface area contributed by atoms with E-state index in [1.807, 2.05) is 152 Å². The van der Waals surface area contributed by atoms with Crippen molar-refractivity contribution >= 4 is 74.3 Å². The first-order valence-corrected chi connectivity index (χ1v) is 37.3. The molecule has 2 aliphatic carbocycles. The number of aromatic nitrogens is 9. The zero-order valence-corrected chi connectivity index (χ0v) is 61.5. The highest BCUT2D eigenvalue weighted by Gasteiger charge is 2.35. The van der Waals surface area contributed by atoms with Crippen LogP contribution in [0.15, 0.2) is 237 Å². The van der Waals surface area contributed by atoms with E-state index in [1.165, 1.54) is 0 Å². The van der Waals surface area contributed by atoms with Crippen molar-refractivity contribution in [2.75, 3.05) is 39.6 Å². The van der Waals surface area contributed by atoms with Crippen LogP contribution in [0.4, 0.5) is 0 Å². The van der Waals surface area contributed by atoms with Crippen LogP contribution in [0, 0.1) is 0 Å². The molecule has 2 saturated carbocycles. The first kappa shape index (κ1) is 75.3. The molecular formula is C86H78N14O14. The lowest BCUT2D eigenvalue weighted by Gasteiger charge is -2.24. The Morgan fingerprint density at radius 2 is 0.781 bits per heavy atom. The summed E-state index contributed by atoms with van der Waals surface area (Å²) in [7, 11) is 0. The number of nitrogens with one attached hydrogen (secondary N) is 5. The second-order valence-corrected chi connectivity index (χ2v) is 27.4. The summed E-state index contributed by atoms with van der Waals surface area (Å²) >= 11 is 0. The third-order valence-corrected chi connectivity index (χ3v) is 19.1. The molecule has 6 N–H and O–H groups in total. The van der Waals surface area contributed by atoms with Gasteiger partial charge in [0.15, 0.2) is 23.6 Å². The molecule has 0 radical (unpaired) electrons. The fourth-order valence-electron chi connectivity index (χ4n) is 12.9. The first-order valence-electron chi connectivity index (χ1n) is 37.3. The van der Waals surface area contributed by atoms with Crippen LogP contribution in [0.2, 0.25) is 0 Å². The molecule has 2 fully saturated rings. The number of rotatable bonds is 7. The number of nitrogens with zero attached hydrogens (tertiary/aromatic N) is 9. The molecule has 1 unspecified atom stereocenters. The van der Waals surface area contributed by atoms with Crippen LogP contribution < -0.4 is 55.0 Å². The van der Waals surface area contributed by atoms with Crippen molar-refractivity contribution in [2.24, 2.45) is 0 Å². The second-order valence-electron chi connectivity index (χ2n) is 27.4. The van der Waals surface area contributed by atoms with E-state index in [1.54, 1.807) is 99.8 Å². The zero-order valence-electron chi connectivity index (χ0n) is 61.5. The summed E-state index contributed by atoms with van der Waals surface area (Å²) in [5.74, 6) is 1.77. The molecule has 576 valence electrons. The van der Waals surface area contributed by atoms with Crippen LogP contribution in [0.5, 0.6) is 34.5 Å². The van der Waals surface area contributed by atoms with Crippen molar-refractivity contribution < 1.29 is 67.1 Å². The number of hydrogen-bond donors (Lipinski definition) is 6. The summed E-state index contributed by atoms with van der Waals surface area (Å²) in [6.07, 6.45) is 24.6. The van der Waals surface area contributed by atoms with Crippen molar-refractivity contribution in [3.05, 3.63) is 271 Å². The predicted octanol–water partition coefficient (Wildman–Crippen LogP) is 8.95. The Bertz CT molecular complexity index is 5620. The topological polar surface area (TPSA) is 347 Å². The van der Waals surface area contributed by atoms with Gasteiger partial charge in [0.2, 0.25) is 5.78 Å². The minimum atomic E-state index is -1.45. The highest BCUT2D eigenvalue weighted by Crippen LogP contribution is 2.30. The summed E-state index contributed by atoms with van der Waals surface area (Å²) in [5, 5.41) is 41.0. The van der Waals surface area contributed by atoms with E-state index < -0.39 is 59.5 Å². The quantitative estimate of drug-likeness (QED) is 0.0492. The van der Waals surface area contributed by atoms with Gasteiger partial charge in [-0.15, -0.1) is 0 Å². The predicted molar refractivity (Wildman–Crippen MR) is 421 cm³/mol. The summed E-state index contributed by atoms with van der Waals surface area (Å²) in [4.78, 5) is 104. The van der Waals surface area contributed by atoms with Crippen LogP contribution >= 0.6 is 0 Å². The molecule has 14 aliphatic rings. The Balaban J connectivity index is 0.000000135. The van der Waals surface area contributed by atoms with Crippen LogP contribution in [0.3, 0.4) is 0 Å². The molecule has 18 heterocycles. The smallest absolute Gasteiger partial charge is 0.289 e. The minimum absolute atomic E-state index is 0.0123. The number of pyridine rings is 3. The van der Waals surface area contributed by atoms with Gasteiger partial charge in [-0.3, -0.25) is 28.8 Å². The average Bonchev–Trinajstić information content (AvgIpc) is 1.61. The second kappa shape index (κ2) is 35.3. The molecule has 4 atom stereocenters. The Morgan fingerprint density at radius 3 is 1.18 bits per heavy atom.